The van der Waals surface area contributed by atoms with E-state index in [1.54, 1.807) is 48.5 Å². The minimum Gasteiger partial charge on any atom is -0.492 e. The molecule has 226 valence electrons. The molecule has 0 bridgehead atoms. The topological polar surface area (TPSA) is 117 Å². The van der Waals surface area contributed by atoms with Gasteiger partial charge in [0.25, 0.3) is 0 Å². The van der Waals surface area contributed by atoms with Gasteiger partial charge in [0.1, 0.15) is 24.0 Å². The van der Waals surface area contributed by atoms with Crippen LogP contribution in [0.1, 0.15) is 33.9 Å². The number of piperazine rings is 1. The summed E-state index contributed by atoms with van der Waals surface area (Å²) in [5.74, 6) is 10.7. The lowest BCUT2D eigenvalue weighted by atomic mass is 9.93. The van der Waals surface area contributed by atoms with Crippen molar-refractivity contribution in [3.05, 3.63) is 101 Å². The van der Waals surface area contributed by atoms with Crippen LogP contribution in [-0.2, 0) is 4.74 Å². The molecule has 1 aliphatic heterocycles. The number of benzene rings is 3. The molecule has 1 amide bonds. The van der Waals surface area contributed by atoms with Crippen molar-refractivity contribution < 1.29 is 33.0 Å². The zero-order valence-corrected chi connectivity index (χ0v) is 23.7. The lowest BCUT2D eigenvalue weighted by Crippen LogP contribution is -2.55. The lowest BCUT2D eigenvalue weighted by molar-refractivity contribution is 0.0600. The van der Waals surface area contributed by atoms with E-state index in [-0.39, 0.29) is 49.2 Å². The Kier molecular flexibility index (Phi) is 11.0. The van der Waals surface area contributed by atoms with Gasteiger partial charge in [-0.2, -0.15) is 0 Å². The zero-order chi connectivity index (χ0) is 30.8. The summed E-state index contributed by atoms with van der Waals surface area (Å²) in [7, 11) is 1.31. The van der Waals surface area contributed by atoms with Crippen LogP contribution >= 0.6 is 0 Å². The van der Waals surface area contributed by atoms with Crippen molar-refractivity contribution >= 4 is 12.1 Å². The third-order valence-corrected chi connectivity index (χ3v) is 7.15. The number of rotatable bonds is 10. The molecule has 2 unspecified atom stereocenters. The summed E-state index contributed by atoms with van der Waals surface area (Å²) in [6, 6.07) is 18.8. The average molecular weight is 593 g/mol. The average Bonchev–Trinajstić information content (AvgIpc) is 3.02. The van der Waals surface area contributed by atoms with Crippen LogP contribution < -0.4 is 15.9 Å². The van der Waals surface area contributed by atoms with Crippen molar-refractivity contribution in [1.82, 2.24) is 15.2 Å². The second-order valence-electron chi connectivity index (χ2n) is 10.0. The summed E-state index contributed by atoms with van der Waals surface area (Å²) in [6.45, 7) is 2.03. The van der Waals surface area contributed by atoms with Gasteiger partial charge in [-0.25, -0.2) is 29.2 Å². The number of carbonyl (C=O) groups is 2. The van der Waals surface area contributed by atoms with Gasteiger partial charge in [-0.05, 0) is 53.6 Å². The van der Waals surface area contributed by atoms with Crippen molar-refractivity contribution in [2.45, 2.75) is 18.5 Å². The summed E-state index contributed by atoms with van der Waals surface area (Å²) < 4.78 is 38.5. The van der Waals surface area contributed by atoms with Crippen molar-refractivity contribution in [3.8, 4) is 17.6 Å². The van der Waals surface area contributed by atoms with Gasteiger partial charge in [0.05, 0.1) is 31.2 Å². The molecular weight excluding hydrogens is 558 g/mol. The summed E-state index contributed by atoms with van der Waals surface area (Å²) in [5, 5.41) is 13.2. The van der Waals surface area contributed by atoms with Crippen LogP contribution in [0.15, 0.2) is 72.8 Å². The first kappa shape index (κ1) is 31.4. The van der Waals surface area contributed by atoms with Gasteiger partial charge in [-0.1, -0.05) is 36.3 Å². The molecule has 1 heterocycles. The molecule has 4 N–H and O–H groups in total. The highest BCUT2D eigenvalue weighted by Crippen LogP contribution is 2.31. The van der Waals surface area contributed by atoms with Crippen LogP contribution in [0.3, 0.4) is 0 Å². The van der Waals surface area contributed by atoms with Gasteiger partial charge in [0.2, 0.25) is 0 Å². The smallest absolute Gasteiger partial charge is 0.421 e. The number of hydrogen-bond acceptors (Lipinski definition) is 7. The summed E-state index contributed by atoms with van der Waals surface area (Å²) in [4.78, 5) is 25.3. The molecule has 43 heavy (non-hydrogen) atoms. The van der Waals surface area contributed by atoms with Crippen LogP contribution in [0.4, 0.5) is 13.6 Å². The number of nitrogens with zero attached hydrogens (tertiary/aromatic N) is 2. The number of nitrogens with one attached hydrogen (secondary N) is 1. The highest BCUT2D eigenvalue weighted by Gasteiger charge is 2.32. The Morgan fingerprint density at radius 1 is 1.09 bits per heavy atom. The number of ether oxygens (including phenoxy) is 2. The van der Waals surface area contributed by atoms with Crippen LogP contribution in [0.2, 0.25) is 0 Å². The molecule has 1 fully saturated rings. The summed E-state index contributed by atoms with van der Waals surface area (Å²) >= 11 is 0. The molecule has 4 rings (SSSR count). The maximum Gasteiger partial charge on any atom is 0.421 e. The Balaban J connectivity index is 1.58. The van der Waals surface area contributed by atoms with E-state index in [4.69, 9.17) is 20.4 Å². The van der Waals surface area contributed by atoms with Gasteiger partial charge in [0.15, 0.2) is 0 Å². The van der Waals surface area contributed by atoms with Crippen molar-refractivity contribution in [3.63, 3.8) is 0 Å². The molecule has 0 radical (unpaired) electrons. The summed E-state index contributed by atoms with van der Waals surface area (Å²) in [5.41, 5.74) is 2.08. The number of methoxy groups -OCH3 is 1. The maximum absolute atomic E-state index is 13.8. The van der Waals surface area contributed by atoms with E-state index in [2.05, 4.69) is 22.1 Å². The monoisotopic (exact) mass is 592 g/mol. The lowest BCUT2D eigenvalue weighted by Gasteiger charge is -2.41. The molecule has 0 saturated carbocycles. The molecule has 3 aromatic rings. The van der Waals surface area contributed by atoms with E-state index in [0.29, 0.717) is 36.0 Å². The standard InChI is InChI=1S/C32H34F2N4O5/c1-42-31(39)24-6-4-7-28(19-24)43-21-25(5-2-3-17-38(35)32(40)41)29-20-37(18-16-36-29)30(22-8-12-26(33)13-9-22)23-10-14-27(34)15-11-23/h4,6-15,19,25,29-30,36H,3,16-18,20-21,35H2,1H3,(H,40,41). The number of carboxylic acid groups (broad SMARTS) is 1. The molecule has 0 aliphatic carbocycles. The number of halogens is 2. The molecule has 0 spiro atoms. The van der Waals surface area contributed by atoms with Crippen molar-refractivity contribution in [2.75, 3.05) is 39.9 Å². The van der Waals surface area contributed by atoms with Crippen molar-refractivity contribution in [1.29, 1.82) is 0 Å². The normalized spacial score (nSPS) is 15.7. The quantitative estimate of drug-likeness (QED) is 0.106. The van der Waals surface area contributed by atoms with Crippen LogP contribution in [0.25, 0.3) is 0 Å². The molecule has 1 saturated heterocycles. The molecule has 2 atom stereocenters. The van der Waals surface area contributed by atoms with Crippen molar-refractivity contribution in [2.24, 2.45) is 11.8 Å². The Bertz CT molecular complexity index is 1400. The SMILES string of the molecule is COC(=O)c1cccc(OCC(C#CCCN(N)C(=O)O)C2CN(C(c3ccc(F)cc3)c3ccc(F)cc3)CCN2)c1. The number of hydrogen-bond donors (Lipinski definition) is 3. The van der Waals surface area contributed by atoms with E-state index in [0.717, 1.165) is 11.1 Å². The van der Waals surface area contributed by atoms with Gasteiger partial charge < -0.3 is 19.9 Å². The van der Waals surface area contributed by atoms with E-state index in [9.17, 15) is 18.4 Å². The number of amides is 1. The van der Waals surface area contributed by atoms with Crippen LogP contribution in [-0.4, -0.2) is 73.0 Å². The molecule has 1 aliphatic rings. The first-order valence-electron chi connectivity index (χ1n) is 13.8. The minimum atomic E-state index is -1.25. The predicted octanol–water partition coefficient (Wildman–Crippen LogP) is 4.06. The van der Waals surface area contributed by atoms with Crippen LogP contribution in [0, 0.1) is 29.4 Å². The predicted molar refractivity (Wildman–Crippen MR) is 156 cm³/mol. The van der Waals surface area contributed by atoms with E-state index >= 15 is 0 Å². The Hall–Kier alpha value is -4.50. The number of nitrogens with two attached hydrogens (primary N) is 1. The summed E-state index contributed by atoms with van der Waals surface area (Å²) in [6.07, 6.45) is -1.02. The first-order valence-corrected chi connectivity index (χ1v) is 13.8. The fourth-order valence-corrected chi connectivity index (χ4v) is 4.96. The fourth-order valence-electron chi connectivity index (χ4n) is 4.96. The fraction of sp³-hybridized carbons (Fsp3) is 0.312. The van der Waals surface area contributed by atoms with E-state index in [1.165, 1.54) is 31.4 Å². The van der Waals surface area contributed by atoms with Gasteiger partial charge in [-0.3, -0.25) is 4.90 Å². The second-order valence-corrected chi connectivity index (χ2v) is 10.0. The Morgan fingerprint density at radius 2 is 1.74 bits per heavy atom. The first-order chi connectivity index (χ1) is 20.7. The molecular formula is C32H34F2N4O5. The largest absolute Gasteiger partial charge is 0.492 e. The highest BCUT2D eigenvalue weighted by molar-refractivity contribution is 5.89. The molecule has 9 nitrogen and oxygen atoms in total. The minimum absolute atomic E-state index is 0.0402. The van der Waals surface area contributed by atoms with E-state index < -0.39 is 12.1 Å². The maximum atomic E-state index is 13.8. The second kappa shape index (κ2) is 15.1. The highest BCUT2D eigenvalue weighted by atomic mass is 19.1. The third kappa shape index (κ3) is 8.75. The van der Waals surface area contributed by atoms with E-state index in [1.807, 2.05) is 0 Å². The number of hydrazine groups is 1. The number of carbonyl (C=O) groups excluding carboxylic acids is 1. The van der Waals surface area contributed by atoms with Gasteiger partial charge in [0, 0.05) is 32.1 Å². The molecule has 3 aromatic carbocycles. The Labute approximate surface area is 249 Å². The Morgan fingerprint density at radius 3 is 2.35 bits per heavy atom. The van der Waals surface area contributed by atoms with Gasteiger partial charge >= 0.3 is 12.1 Å². The van der Waals surface area contributed by atoms with Crippen LogP contribution in [0.5, 0.6) is 5.75 Å². The third-order valence-electron chi connectivity index (χ3n) is 7.15. The molecule has 11 heteroatoms. The number of esters is 1. The molecule has 0 aromatic heterocycles. The zero-order valence-electron chi connectivity index (χ0n) is 23.7. The van der Waals surface area contributed by atoms with Gasteiger partial charge in [-0.15, -0.1) is 5.92 Å².